The van der Waals surface area contributed by atoms with Gasteiger partial charge in [0.25, 0.3) is 0 Å². The molecule has 0 saturated carbocycles. The molecule has 0 aromatic heterocycles. The fourth-order valence-electron chi connectivity index (χ4n) is 4.46. The molecule has 0 heterocycles. The van der Waals surface area contributed by atoms with Crippen molar-refractivity contribution in [2.24, 2.45) is 0 Å². The van der Waals surface area contributed by atoms with Gasteiger partial charge in [-0.25, -0.2) is 0 Å². The van der Waals surface area contributed by atoms with E-state index in [-0.39, 0.29) is 30.2 Å². The molecule has 4 heteroatoms. The average Bonchev–Trinajstić information content (AvgIpc) is 3.48. The van der Waals surface area contributed by atoms with Crippen LogP contribution in [0.1, 0.15) is 25.0 Å². The summed E-state index contributed by atoms with van der Waals surface area (Å²) in [6.07, 6.45) is 2.23. The maximum absolute atomic E-state index is 2.32. The van der Waals surface area contributed by atoms with Crippen LogP contribution in [0.5, 0.6) is 0 Å². The van der Waals surface area contributed by atoms with Crippen LogP contribution in [0.2, 0.25) is 13.1 Å². The molecular formula is C32H32Cl2SiZr-2. The first-order valence-electron chi connectivity index (χ1n) is 12.2. The van der Waals surface area contributed by atoms with Gasteiger partial charge in [-0.3, -0.25) is 0 Å². The minimum Gasteiger partial charge on any atom is -1.00 e. The van der Waals surface area contributed by atoms with E-state index in [2.05, 4.69) is 124 Å². The van der Waals surface area contributed by atoms with Crippen LogP contribution in [0.4, 0.5) is 0 Å². The molecule has 0 saturated heterocycles. The summed E-state index contributed by atoms with van der Waals surface area (Å²) in [6.45, 7) is 9.03. The van der Waals surface area contributed by atoms with Crippen LogP contribution in [0.3, 0.4) is 0 Å². The fraction of sp³-hybridized carbons (Fsp3) is 0.188. The zero-order valence-corrected chi connectivity index (χ0v) is 26.4. The van der Waals surface area contributed by atoms with E-state index in [9.17, 15) is 0 Å². The van der Waals surface area contributed by atoms with Crippen molar-refractivity contribution in [1.29, 1.82) is 0 Å². The molecule has 0 spiro atoms. The summed E-state index contributed by atoms with van der Waals surface area (Å²) >= 11 is 1.74. The summed E-state index contributed by atoms with van der Waals surface area (Å²) in [5, 5.41) is 10.9. The molecule has 6 aromatic carbocycles. The van der Waals surface area contributed by atoms with Gasteiger partial charge >= 0.3 is 41.9 Å². The minimum atomic E-state index is 0. The summed E-state index contributed by atoms with van der Waals surface area (Å²) in [5.41, 5.74) is 3.07. The second kappa shape index (κ2) is 14.3. The van der Waals surface area contributed by atoms with Gasteiger partial charge < -0.3 is 24.8 Å². The maximum Gasteiger partial charge on any atom is -1.00 e. The third kappa shape index (κ3) is 7.20. The van der Waals surface area contributed by atoms with Crippen LogP contribution in [0.15, 0.2) is 97.1 Å². The van der Waals surface area contributed by atoms with Crippen LogP contribution in [-0.2, 0) is 36.2 Å². The second-order valence-electron chi connectivity index (χ2n) is 9.01. The van der Waals surface area contributed by atoms with Gasteiger partial charge in [0, 0.05) is 0 Å². The van der Waals surface area contributed by atoms with Crippen molar-refractivity contribution in [3.8, 4) is 0 Å². The number of fused-ring (bicyclic) bond motifs is 6. The van der Waals surface area contributed by atoms with Gasteiger partial charge in [0.1, 0.15) is 0 Å². The Morgan fingerprint density at radius 2 is 0.944 bits per heavy atom. The van der Waals surface area contributed by atoms with E-state index in [1.807, 2.05) is 0 Å². The first kappa shape index (κ1) is 30.5. The van der Waals surface area contributed by atoms with Gasteiger partial charge in [0.05, 0.1) is 0 Å². The van der Waals surface area contributed by atoms with Crippen LogP contribution >= 0.6 is 0 Å². The summed E-state index contributed by atoms with van der Waals surface area (Å²) in [6, 6.07) is 35.2. The quantitative estimate of drug-likeness (QED) is 0.210. The minimum absolute atomic E-state index is 0. The van der Waals surface area contributed by atoms with E-state index in [1.165, 1.54) is 54.2 Å². The van der Waals surface area contributed by atoms with E-state index in [0.29, 0.717) is 0 Å². The molecule has 0 atom stereocenters. The zero-order valence-electron chi connectivity index (χ0n) is 21.4. The van der Waals surface area contributed by atoms with Gasteiger partial charge in [-0.15, -0.1) is 56.9 Å². The molecule has 0 radical (unpaired) electrons. The Hall–Kier alpha value is -1.70. The predicted molar refractivity (Wildman–Crippen MR) is 150 cm³/mol. The number of aryl methyl sites for hydroxylation is 2. The molecule has 0 unspecified atom stereocenters. The van der Waals surface area contributed by atoms with Crippen LogP contribution in [0.25, 0.3) is 43.1 Å². The number of rotatable bonds is 2. The van der Waals surface area contributed by atoms with Crippen molar-refractivity contribution in [2.75, 3.05) is 0 Å². The Labute approximate surface area is 243 Å². The SMILES string of the molecule is CCc1cc2c(ccc3ccccc32)[cH-]1.CCc1cc2c(ccc3ccccc32)[cH-]1.C[Si](C)=[Zr+2].[Cl-].[Cl-]. The van der Waals surface area contributed by atoms with Crippen molar-refractivity contribution in [3.05, 3.63) is 108 Å². The summed E-state index contributed by atoms with van der Waals surface area (Å²) in [5.74, 6) is 0. The third-order valence-corrected chi connectivity index (χ3v) is 6.17. The van der Waals surface area contributed by atoms with Gasteiger partial charge in [-0.2, -0.15) is 12.1 Å². The van der Waals surface area contributed by atoms with Crippen LogP contribution in [-0.4, -0.2) is 5.43 Å². The molecule has 0 fully saturated rings. The molecule has 0 nitrogen and oxygen atoms in total. The Morgan fingerprint density at radius 3 is 1.31 bits per heavy atom. The number of halogens is 2. The van der Waals surface area contributed by atoms with E-state index in [0.717, 1.165) is 12.8 Å². The molecular weight excluding hydrogens is 575 g/mol. The first-order valence-corrected chi connectivity index (χ1v) is 18.3. The van der Waals surface area contributed by atoms with Crippen molar-refractivity contribution >= 4 is 48.5 Å². The molecule has 184 valence electrons. The zero-order chi connectivity index (χ0) is 24.1. The largest absolute Gasteiger partial charge is 1.00 e. The van der Waals surface area contributed by atoms with Gasteiger partial charge in [-0.1, -0.05) is 85.3 Å². The first-order chi connectivity index (χ1) is 16.5. The molecule has 6 rings (SSSR count). The van der Waals surface area contributed by atoms with E-state index in [4.69, 9.17) is 0 Å². The van der Waals surface area contributed by atoms with Gasteiger partial charge in [-0.05, 0) is 23.6 Å². The Morgan fingerprint density at radius 1 is 0.583 bits per heavy atom. The van der Waals surface area contributed by atoms with Crippen molar-refractivity contribution in [3.63, 3.8) is 0 Å². The fourth-order valence-corrected chi connectivity index (χ4v) is 4.46. The second-order valence-corrected chi connectivity index (χ2v) is 18.4. The average molecular weight is 607 g/mol. The van der Waals surface area contributed by atoms with Crippen LogP contribution in [0, 0.1) is 0 Å². The molecule has 0 amide bonds. The summed E-state index contributed by atoms with van der Waals surface area (Å²) < 4.78 is 0. The maximum atomic E-state index is 2.32. The topological polar surface area (TPSA) is 0 Å². The van der Waals surface area contributed by atoms with Gasteiger partial charge in [0.15, 0.2) is 0 Å². The molecule has 0 aliphatic heterocycles. The molecule has 0 N–H and O–H groups in total. The molecule has 0 bridgehead atoms. The van der Waals surface area contributed by atoms with Gasteiger partial charge in [0.2, 0.25) is 0 Å². The number of benzene rings is 4. The van der Waals surface area contributed by atoms with Crippen molar-refractivity contribution < 1.29 is 48.1 Å². The molecule has 0 aliphatic carbocycles. The number of hydrogen-bond donors (Lipinski definition) is 0. The van der Waals surface area contributed by atoms with Crippen LogP contribution < -0.4 is 24.8 Å². The molecule has 36 heavy (non-hydrogen) atoms. The monoisotopic (exact) mass is 604 g/mol. The standard InChI is InChI=1S/2C15H13.C2H6Si.2ClH.Zr/c2*1-2-11-9-13-8-7-12-5-3-4-6-14(12)15(13)10-11;1-3-2;;;/h2*3-10H,2H2,1H3;1-2H3;2*1H;/q2*-1;;;;+2/p-2. The Balaban J connectivity index is 0.000000211. The molecule has 6 aromatic rings. The normalized spacial score (nSPS) is 10.2. The smallest absolute Gasteiger partial charge is 1.00 e. The Bertz CT molecular complexity index is 1460. The summed E-state index contributed by atoms with van der Waals surface area (Å²) in [4.78, 5) is 0. The van der Waals surface area contributed by atoms with Crippen molar-refractivity contribution in [1.82, 2.24) is 0 Å². The number of hydrogen-bond acceptors (Lipinski definition) is 0. The van der Waals surface area contributed by atoms with E-state index < -0.39 is 0 Å². The Kier molecular flexibility index (Phi) is 12.1. The van der Waals surface area contributed by atoms with E-state index in [1.54, 1.807) is 23.3 Å². The van der Waals surface area contributed by atoms with E-state index >= 15 is 0 Å². The predicted octanol–water partition coefficient (Wildman–Crippen LogP) is 3.34. The third-order valence-electron chi connectivity index (χ3n) is 6.17. The van der Waals surface area contributed by atoms with Crippen molar-refractivity contribution in [2.45, 2.75) is 39.8 Å². The molecule has 0 aliphatic rings. The summed E-state index contributed by atoms with van der Waals surface area (Å²) in [7, 11) is 0.